The number of carbonyl (C=O) groups is 1. The molecule has 1 N–H and O–H groups in total. The van der Waals surface area contributed by atoms with Crippen LogP contribution in [-0.4, -0.2) is 41.5 Å². The summed E-state index contributed by atoms with van der Waals surface area (Å²) in [4.78, 5) is 12.6. The van der Waals surface area contributed by atoms with Crippen LogP contribution in [0.3, 0.4) is 0 Å². The van der Waals surface area contributed by atoms with E-state index in [1.807, 2.05) is 0 Å². The number of amides is 1. The van der Waals surface area contributed by atoms with Gasteiger partial charge in [-0.3, -0.25) is 9.48 Å². The molecule has 156 valence electrons. The van der Waals surface area contributed by atoms with Gasteiger partial charge in [0.05, 0.1) is 10.6 Å². The van der Waals surface area contributed by atoms with Crippen LogP contribution in [0.5, 0.6) is 0 Å². The highest BCUT2D eigenvalue weighted by Crippen LogP contribution is 2.26. The second kappa shape index (κ2) is 8.69. The first kappa shape index (κ1) is 21.5. The van der Waals surface area contributed by atoms with E-state index < -0.39 is 10.0 Å². The van der Waals surface area contributed by atoms with Crippen molar-refractivity contribution in [3.05, 3.63) is 46.2 Å². The monoisotopic (exact) mass is 436 g/mol. The molecule has 1 saturated heterocycles. The maximum Gasteiger partial charge on any atom is 0.248 e. The molecule has 1 amide bonds. The lowest BCUT2D eigenvalue weighted by Gasteiger charge is -2.26. The summed E-state index contributed by atoms with van der Waals surface area (Å²) in [6.45, 7) is 4.63. The highest BCUT2D eigenvalue weighted by molar-refractivity contribution is 7.89. The van der Waals surface area contributed by atoms with Crippen LogP contribution < -0.4 is 5.32 Å². The van der Waals surface area contributed by atoms with Gasteiger partial charge < -0.3 is 5.32 Å². The minimum atomic E-state index is -3.58. The highest BCUT2D eigenvalue weighted by atomic mass is 35.5. The fourth-order valence-corrected chi connectivity index (χ4v) is 5.38. The quantitative estimate of drug-likeness (QED) is 0.727. The van der Waals surface area contributed by atoms with Gasteiger partial charge in [0, 0.05) is 37.5 Å². The van der Waals surface area contributed by atoms with Crippen molar-refractivity contribution in [2.45, 2.75) is 38.0 Å². The maximum atomic E-state index is 13.0. The Morgan fingerprint density at radius 1 is 1.21 bits per heavy atom. The first-order chi connectivity index (χ1) is 13.7. The van der Waals surface area contributed by atoms with Gasteiger partial charge in [-0.1, -0.05) is 24.1 Å². The normalized spacial score (nSPS) is 15.7. The number of aryl methyl sites for hydroxylation is 3. The molecule has 2 aromatic rings. The Labute approximate surface area is 176 Å². The maximum absolute atomic E-state index is 13.0. The first-order valence-corrected chi connectivity index (χ1v) is 11.3. The fraction of sp³-hybridized carbons (Fsp3) is 0.400. The minimum Gasteiger partial charge on any atom is -0.322 e. The minimum absolute atomic E-state index is 0.229. The molecule has 1 aromatic carbocycles. The number of anilines is 1. The second-order valence-electron chi connectivity index (χ2n) is 7.18. The molecule has 0 saturated carbocycles. The summed E-state index contributed by atoms with van der Waals surface area (Å²) in [6.07, 6.45) is 5.74. The molecule has 0 atom stereocenters. The molecule has 1 fully saturated rings. The number of nitrogens with one attached hydrogen (secondary N) is 1. The average molecular weight is 437 g/mol. The Balaban J connectivity index is 1.79. The molecule has 0 unspecified atom stereocenters. The molecule has 9 heteroatoms. The lowest BCUT2D eigenvalue weighted by atomic mass is 10.2. The van der Waals surface area contributed by atoms with Crippen LogP contribution in [0.15, 0.2) is 29.2 Å². The lowest BCUT2D eigenvalue weighted by molar-refractivity contribution is -0.111. The Bertz CT molecular complexity index is 1050. The van der Waals surface area contributed by atoms with Crippen LogP contribution in [-0.2, 0) is 21.9 Å². The third kappa shape index (κ3) is 4.71. The van der Waals surface area contributed by atoms with Gasteiger partial charge in [0.2, 0.25) is 15.9 Å². The van der Waals surface area contributed by atoms with Crippen molar-refractivity contribution in [2.24, 2.45) is 7.05 Å². The number of carbonyl (C=O) groups excluding carboxylic acids is 1. The predicted octanol–water partition coefficient (Wildman–Crippen LogP) is 3.52. The number of aromatic nitrogens is 2. The molecule has 0 bridgehead atoms. The molecule has 0 radical (unpaired) electrons. The molecule has 2 heterocycles. The van der Waals surface area contributed by atoms with Crippen LogP contribution in [0.1, 0.15) is 36.1 Å². The van der Waals surface area contributed by atoms with E-state index in [0.717, 1.165) is 19.3 Å². The van der Waals surface area contributed by atoms with Gasteiger partial charge in [0.15, 0.2) is 0 Å². The molecule has 1 aliphatic heterocycles. The van der Waals surface area contributed by atoms with Crippen molar-refractivity contribution in [3.63, 3.8) is 0 Å². The van der Waals surface area contributed by atoms with E-state index in [2.05, 4.69) is 10.4 Å². The topological polar surface area (TPSA) is 84.3 Å². The highest BCUT2D eigenvalue weighted by Gasteiger charge is 2.27. The summed E-state index contributed by atoms with van der Waals surface area (Å²) in [7, 11) is -1.85. The molecule has 7 nitrogen and oxygen atoms in total. The SMILES string of the molecule is Cc1ccc(NC(=O)/C=C/c2c(C)nn(C)c2Cl)cc1S(=O)(=O)N1CCCCC1. The standard InChI is InChI=1S/C20H25ClN4O3S/c1-14-7-8-16(13-18(14)29(27,28)25-11-5-4-6-12-25)22-19(26)10-9-17-15(2)23-24(3)20(17)21/h7-10,13H,4-6,11-12H2,1-3H3,(H,22,26)/b10-9+. The number of benzene rings is 1. The van der Waals surface area contributed by atoms with Gasteiger partial charge in [-0.15, -0.1) is 0 Å². The van der Waals surface area contributed by atoms with Crippen molar-refractivity contribution in [1.29, 1.82) is 0 Å². The van der Waals surface area contributed by atoms with E-state index in [-0.39, 0.29) is 10.8 Å². The lowest BCUT2D eigenvalue weighted by Crippen LogP contribution is -2.36. The molecule has 1 aliphatic rings. The zero-order chi connectivity index (χ0) is 21.2. The summed E-state index contributed by atoms with van der Waals surface area (Å²) in [6, 6.07) is 4.92. The molecule has 3 rings (SSSR count). The Morgan fingerprint density at radius 2 is 1.90 bits per heavy atom. The summed E-state index contributed by atoms with van der Waals surface area (Å²) < 4.78 is 29.1. The predicted molar refractivity (Wildman–Crippen MR) is 114 cm³/mol. The van der Waals surface area contributed by atoms with Gasteiger partial charge in [0.1, 0.15) is 5.15 Å². The van der Waals surface area contributed by atoms with Crippen molar-refractivity contribution in [2.75, 3.05) is 18.4 Å². The molecular formula is C20H25ClN4O3S. The number of nitrogens with zero attached hydrogens (tertiary/aromatic N) is 3. The molecule has 0 aliphatic carbocycles. The summed E-state index contributed by atoms with van der Waals surface area (Å²) in [5.41, 5.74) is 2.46. The molecular weight excluding hydrogens is 412 g/mol. The van der Waals surface area contributed by atoms with E-state index in [1.165, 1.54) is 21.1 Å². The Hall–Kier alpha value is -2.16. The van der Waals surface area contributed by atoms with Crippen molar-refractivity contribution >= 4 is 39.3 Å². The van der Waals surface area contributed by atoms with Crippen LogP contribution in [0, 0.1) is 13.8 Å². The molecule has 0 spiro atoms. The first-order valence-electron chi connectivity index (χ1n) is 9.49. The van der Waals surface area contributed by atoms with Crippen molar-refractivity contribution in [3.8, 4) is 0 Å². The van der Waals surface area contributed by atoms with E-state index in [9.17, 15) is 13.2 Å². The number of piperidine rings is 1. The smallest absolute Gasteiger partial charge is 0.248 e. The van der Waals surface area contributed by atoms with Gasteiger partial charge in [-0.05, 0) is 50.5 Å². The zero-order valence-corrected chi connectivity index (χ0v) is 18.3. The molecule has 29 heavy (non-hydrogen) atoms. The average Bonchev–Trinajstić information content (AvgIpc) is 2.93. The van der Waals surface area contributed by atoms with E-state index in [0.29, 0.717) is 40.8 Å². The largest absolute Gasteiger partial charge is 0.322 e. The number of hydrogen-bond acceptors (Lipinski definition) is 4. The van der Waals surface area contributed by atoms with E-state index >= 15 is 0 Å². The van der Waals surface area contributed by atoms with Crippen LogP contribution in [0.25, 0.3) is 6.08 Å². The third-order valence-corrected chi connectivity index (χ3v) is 7.47. The number of sulfonamides is 1. The zero-order valence-electron chi connectivity index (χ0n) is 16.8. The van der Waals surface area contributed by atoms with Gasteiger partial charge in [0.25, 0.3) is 0 Å². The van der Waals surface area contributed by atoms with E-state index in [1.54, 1.807) is 39.1 Å². The van der Waals surface area contributed by atoms with Gasteiger partial charge in [-0.2, -0.15) is 9.40 Å². The van der Waals surface area contributed by atoms with Crippen LogP contribution in [0.2, 0.25) is 5.15 Å². The summed E-state index contributed by atoms with van der Waals surface area (Å²) in [5, 5.41) is 7.36. The van der Waals surface area contributed by atoms with Crippen molar-refractivity contribution in [1.82, 2.24) is 14.1 Å². The third-order valence-electron chi connectivity index (χ3n) is 4.99. The summed E-state index contributed by atoms with van der Waals surface area (Å²) in [5.74, 6) is -0.380. The van der Waals surface area contributed by atoms with Gasteiger partial charge >= 0.3 is 0 Å². The Morgan fingerprint density at radius 3 is 2.52 bits per heavy atom. The van der Waals surface area contributed by atoms with Crippen LogP contribution in [0.4, 0.5) is 5.69 Å². The Kier molecular flexibility index (Phi) is 6.45. The van der Waals surface area contributed by atoms with Crippen LogP contribution >= 0.6 is 11.6 Å². The van der Waals surface area contributed by atoms with E-state index in [4.69, 9.17) is 11.6 Å². The number of hydrogen-bond donors (Lipinski definition) is 1. The van der Waals surface area contributed by atoms with Crippen molar-refractivity contribution < 1.29 is 13.2 Å². The number of halogens is 1. The molecule has 1 aromatic heterocycles. The summed E-state index contributed by atoms with van der Waals surface area (Å²) >= 11 is 6.17. The second-order valence-corrected chi connectivity index (χ2v) is 9.45. The number of rotatable bonds is 5. The van der Waals surface area contributed by atoms with Gasteiger partial charge in [-0.25, -0.2) is 8.42 Å². The fourth-order valence-electron chi connectivity index (χ4n) is 3.38.